The number of nitrogens with one attached hydrogen (secondary N) is 1. The normalized spacial score (nSPS) is 14.8. The number of ether oxygens (including phenoxy) is 1. The smallest absolute Gasteiger partial charge is 0.408 e. The third kappa shape index (κ3) is 5.62. The maximum atomic E-state index is 13.5. The van der Waals surface area contributed by atoms with Crippen LogP contribution in [0.3, 0.4) is 0 Å². The molecule has 2 amide bonds. The molecule has 1 N–H and O–H groups in total. The maximum absolute atomic E-state index is 13.5. The Bertz CT molecular complexity index is 1270. The van der Waals surface area contributed by atoms with E-state index in [9.17, 15) is 9.59 Å². The first kappa shape index (κ1) is 25.5. The third-order valence-corrected chi connectivity index (χ3v) is 6.23. The minimum Gasteiger partial charge on any atom is -0.442 e. The van der Waals surface area contributed by atoms with Gasteiger partial charge in [-0.1, -0.05) is 17.8 Å². The summed E-state index contributed by atoms with van der Waals surface area (Å²) in [5.74, 6) is 0.492. The Balaban J connectivity index is 1.55. The molecular formula is C25H31N7O3S. The monoisotopic (exact) mass is 509 g/mol. The Labute approximate surface area is 215 Å². The number of likely N-dealkylation sites (N-methyl/N-ethyl adjacent to an activating group) is 1. The van der Waals surface area contributed by atoms with Gasteiger partial charge in [-0.3, -0.25) is 4.79 Å². The largest absolute Gasteiger partial charge is 0.442 e. The molecule has 36 heavy (non-hydrogen) atoms. The highest BCUT2D eigenvalue weighted by Gasteiger charge is 2.28. The molecule has 0 fully saturated rings. The maximum Gasteiger partial charge on any atom is 0.408 e. The topological polar surface area (TPSA) is 105 Å². The predicted molar refractivity (Wildman–Crippen MR) is 140 cm³/mol. The second kappa shape index (κ2) is 10.2. The number of hydrogen-bond acceptors (Lipinski definition) is 8. The molecule has 3 heterocycles. The highest BCUT2D eigenvalue weighted by molar-refractivity contribution is 7.98. The number of benzene rings is 1. The lowest BCUT2D eigenvalue weighted by molar-refractivity contribution is 0.0984. The first-order valence-corrected chi connectivity index (χ1v) is 12.9. The number of carbonyl (C=O) groups is 2. The van der Waals surface area contributed by atoms with Gasteiger partial charge in [0.2, 0.25) is 0 Å². The van der Waals surface area contributed by atoms with Crippen LogP contribution in [0.2, 0.25) is 0 Å². The van der Waals surface area contributed by atoms with Crippen molar-refractivity contribution < 1.29 is 14.3 Å². The standard InChI is InChI=1S/C25H31N7O3S/c1-16(35-24(34)29-25(2,3)4)17-13-27-32(15-17)19-9-7-8-18(12-19)31-11-10-30(5)21-20(22(31)33)14-26-23(28-21)36-6/h7-9,12-16H,10-11H2,1-6H3,(H,29,34). The molecule has 10 nitrogen and oxygen atoms in total. The molecule has 190 valence electrons. The molecule has 1 aliphatic rings. The van der Waals surface area contributed by atoms with Crippen LogP contribution >= 0.6 is 11.8 Å². The molecule has 0 aliphatic carbocycles. The van der Waals surface area contributed by atoms with Crippen LogP contribution in [0.4, 0.5) is 16.3 Å². The molecule has 1 aromatic carbocycles. The number of carbonyl (C=O) groups excluding carboxylic acids is 2. The first-order chi connectivity index (χ1) is 17.1. The van der Waals surface area contributed by atoms with E-state index < -0.39 is 12.2 Å². The summed E-state index contributed by atoms with van der Waals surface area (Å²) in [4.78, 5) is 38.2. The highest BCUT2D eigenvalue weighted by Crippen LogP contribution is 2.28. The fraction of sp³-hybridized carbons (Fsp3) is 0.400. The molecule has 0 spiro atoms. The van der Waals surface area contributed by atoms with E-state index in [1.807, 2.05) is 69.4 Å². The third-order valence-electron chi connectivity index (χ3n) is 5.66. The number of aromatic nitrogens is 4. The second-order valence-electron chi connectivity index (χ2n) is 9.63. The van der Waals surface area contributed by atoms with E-state index >= 15 is 0 Å². The minimum absolute atomic E-state index is 0.146. The van der Waals surface area contributed by atoms with E-state index in [2.05, 4.69) is 20.4 Å². The van der Waals surface area contributed by atoms with Crippen LogP contribution in [0, 0.1) is 0 Å². The number of hydrogen-bond donors (Lipinski definition) is 1. The second-order valence-corrected chi connectivity index (χ2v) is 10.4. The minimum atomic E-state index is -0.483. The van der Waals surface area contributed by atoms with E-state index in [-0.39, 0.29) is 11.4 Å². The zero-order valence-electron chi connectivity index (χ0n) is 21.3. The Morgan fingerprint density at radius 1 is 1.19 bits per heavy atom. The lowest BCUT2D eigenvalue weighted by Crippen LogP contribution is -2.41. The van der Waals surface area contributed by atoms with Gasteiger partial charge in [-0.25, -0.2) is 19.4 Å². The van der Waals surface area contributed by atoms with Crippen LogP contribution in [-0.4, -0.2) is 63.7 Å². The number of alkyl carbamates (subject to hydrolysis) is 1. The fourth-order valence-electron chi connectivity index (χ4n) is 3.80. The predicted octanol–water partition coefficient (Wildman–Crippen LogP) is 4.07. The molecule has 2 aromatic heterocycles. The number of anilines is 2. The van der Waals surface area contributed by atoms with Crippen molar-refractivity contribution in [3.8, 4) is 5.69 Å². The van der Waals surface area contributed by atoms with Crippen LogP contribution in [0.5, 0.6) is 0 Å². The number of rotatable bonds is 5. The van der Waals surface area contributed by atoms with Gasteiger partial charge in [0.1, 0.15) is 17.5 Å². The van der Waals surface area contributed by atoms with E-state index in [1.165, 1.54) is 11.8 Å². The zero-order valence-corrected chi connectivity index (χ0v) is 22.2. The molecule has 1 aliphatic heterocycles. The summed E-state index contributed by atoms with van der Waals surface area (Å²) in [7, 11) is 1.93. The van der Waals surface area contributed by atoms with E-state index in [4.69, 9.17) is 4.74 Å². The number of nitrogens with zero attached hydrogens (tertiary/aromatic N) is 6. The summed E-state index contributed by atoms with van der Waals surface area (Å²) in [6.07, 6.45) is 6.04. The number of thioether (sulfide) groups is 1. The van der Waals surface area contributed by atoms with Gasteiger partial charge >= 0.3 is 6.09 Å². The van der Waals surface area contributed by atoms with Crippen molar-refractivity contribution in [1.82, 2.24) is 25.1 Å². The van der Waals surface area contributed by atoms with Crippen molar-refractivity contribution in [3.05, 3.63) is 54.0 Å². The van der Waals surface area contributed by atoms with Gasteiger partial charge in [-0.2, -0.15) is 5.10 Å². The summed E-state index contributed by atoms with van der Waals surface area (Å²) >= 11 is 1.44. The Kier molecular flexibility index (Phi) is 7.21. The van der Waals surface area contributed by atoms with E-state index in [0.29, 0.717) is 29.6 Å². The molecule has 1 unspecified atom stereocenters. The Hall–Kier alpha value is -3.60. The van der Waals surface area contributed by atoms with Crippen LogP contribution in [0.25, 0.3) is 5.69 Å². The van der Waals surface area contributed by atoms with E-state index in [1.54, 1.807) is 28.9 Å². The highest BCUT2D eigenvalue weighted by atomic mass is 32.2. The quantitative estimate of drug-likeness (QED) is 0.405. The lowest BCUT2D eigenvalue weighted by Gasteiger charge is -2.22. The number of amides is 2. The Morgan fingerprint density at radius 3 is 2.67 bits per heavy atom. The van der Waals surface area contributed by atoms with Crippen molar-refractivity contribution in [2.45, 2.75) is 44.5 Å². The van der Waals surface area contributed by atoms with Crippen molar-refractivity contribution in [1.29, 1.82) is 0 Å². The summed E-state index contributed by atoms with van der Waals surface area (Å²) < 4.78 is 7.20. The van der Waals surface area contributed by atoms with Gasteiger partial charge < -0.3 is 19.9 Å². The van der Waals surface area contributed by atoms with Crippen molar-refractivity contribution in [2.24, 2.45) is 0 Å². The van der Waals surface area contributed by atoms with Gasteiger partial charge in [0, 0.05) is 49.3 Å². The fourth-order valence-corrected chi connectivity index (χ4v) is 4.14. The number of fused-ring (bicyclic) bond motifs is 1. The molecule has 4 rings (SSSR count). The molecular weight excluding hydrogens is 478 g/mol. The van der Waals surface area contributed by atoms with Gasteiger partial charge in [-0.05, 0) is 52.1 Å². The molecule has 1 atom stereocenters. The molecule has 3 aromatic rings. The summed E-state index contributed by atoms with van der Waals surface area (Å²) in [5, 5.41) is 7.87. The van der Waals surface area contributed by atoms with Crippen molar-refractivity contribution in [3.63, 3.8) is 0 Å². The average Bonchev–Trinajstić information content (AvgIpc) is 3.29. The molecule has 0 saturated heterocycles. The van der Waals surface area contributed by atoms with Crippen molar-refractivity contribution in [2.75, 3.05) is 36.2 Å². The van der Waals surface area contributed by atoms with Crippen LogP contribution in [0.1, 0.15) is 49.7 Å². The first-order valence-electron chi connectivity index (χ1n) is 11.6. The van der Waals surface area contributed by atoms with Crippen LogP contribution in [0.15, 0.2) is 48.0 Å². The average molecular weight is 510 g/mol. The van der Waals surface area contributed by atoms with Gasteiger partial charge in [0.25, 0.3) is 5.91 Å². The van der Waals surface area contributed by atoms with Gasteiger partial charge in [0.05, 0.1) is 11.9 Å². The zero-order chi connectivity index (χ0) is 26.0. The van der Waals surface area contributed by atoms with E-state index in [0.717, 1.165) is 16.9 Å². The molecule has 0 radical (unpaired) electrons. The van der Waals surface area contributed by atoms with Crippen LogP contribution < -0.4 is 15.1 Å². The van der Waals surface area contributed by atoms with Crippen LogP contribution in [-0.2, 0) is 4.74 Å². The molecule has 11 heteroatoms. The summed E-state index contributed by atoms with van der Waals surface area (Å²) in [5.41, 5.74) is 2.38. The van der Waals surface area contributed by atoms with Gasteiger partial charge in [-0.15, -0.1) is 0 Å². The Morgan fingerprint density at radius 2 is 1.94 bits per heavy atom. The summed E-state index contributed by atoms with van der Waals surface area (Å²) in [6, 6.07) is 7.61. The molecule has 0 saturated carbocycles. The summed E-state index contributed by atoms with van der Waals surface area (Å²) in [6.45, 7) is 8.61. The lowest BCUT2D eigenvalue weighted by atomic mass is 10.1. The van der Waals surface area contributed by atoms with Crippen molar-refractivity contribution >= 4 is 35.3 Å². The SMILES string of the molecule is CSc1ncc2c(n1)N(C)CCN(c1cccc(-n3cc(C(C)OC(=O)NC(C)(C)C)cn3)c1)C2=O. The van der Waals surface area contributed by atoms with Gasteiger partial charge in [0.15, 0.2) is 5.16 Å². The molecule has 0 bridgehead atoms.